The topological polar surface area (TPSA) is 9.23 Å². The van der Waals surface area contributed by atoms with Gasteiger partial charge >= 0.3 is 0 Å². The van der Waals surface area contributed by atoms with Crippen molar-refractivity contribution in [3.8, 4) is 5.75 Å². The van der Waals surface area contributed by atoms with Gasteiger partial charge in [0.1, 0.15) is 5.75 Å². The smallest absolute Gasteiger partial charge is 0.123 e. The van der Waals surface area contributed by atoms with E-state index < -0.39 is 0 Å². The zero-order chi connectivity index (χ0) is 12.3. The van der Waals surface area contributed by atoms with Gasteiger partial charge < -0.3 is 4.74 Å². The van der Waals surface area contributed by atoms with Gasteiger partial charge in [-0.05, 0) is 30.0 Å². The molecule has 0 fully saturated rings. The van der Waals surface area contributed by atoms with Crippen LogP contribution in [0.3, 0.4) is 0 Å². The molecule has 16 heavy (non-hydrogen) atoms. The van der Waals surface area contributed by atoms with Gasteiger partial charge in [-0.15, -0.1) is 11.6 Å². The van der Waals surface area contributed by atoms with Gasteiger partial charge in [0.05, 0.1) is 12.5 Å². The molecule has 1 aromatic carbocycles. The summed E-state index contributed by atoms with van der Waals surface area (Å²) in [5.74, 6) is 0.800. The van der Waals surface area contributed by atoms with E-state index in [9.17, 15) is 0 Å². The van der Waals surface area contributed by atoms with Crippen molar-refractivity contribution in [2.24, 2.45) is 5.41 Å². The van der Waals surface area contributed by atoms with Crippen molar-refractivity contribution >= 4 is 23.2 Å². The summed E-state index contributed by atoms with van der Waals surface area (Å²) in [6, 6.07) is 5.55. The number of benzene rings is 1. The lowest BCUT2D eigenvalue weighted by molar-refractivity contribution is 0.363. The molecule has 3 heteroatoms. The molecule has 0 amide bonds. The van der Waals surface area contributed by atoms with E-state index >= 15 is 0 Å². The van der Waals surface area contributed by atoms with Crippen molar-refractivity contribution in [3.05, 3.63) is 28.8 Å². The Morgan fingerprint density at radius 2 is 1.94 bits per heavy atom. The van der Waals surface area contributed by atoms with Crippen LogP contribution < -0.4 is 4.74 Å². The van der Waals surface area contributed by atoms with Crippen molar-refractivity contribution in [1.29, 1.82) is 0 Å². The van der Waals surface area contributed by atoms with Gasteiger partial charge in [0.25, 0.3) is 0 Å². The van der Waals surface area contributed by atoms with Crippen LogP contribution in [-0.2, 0) is 0 Å². The van der Waals surface area contributed by atoms with Crippen LogP contribution in [-0.4, -0.2) is 7.11 Å². The summed E-state index contributed by atoms with van der Waals surface area (Å²) in [4.78, 5) is 0. The molecule has 1 aromatic rings. The van der Waals surface area contributed by atoms with Crippen molar-refractivity contribution in [3.63, 3.8) is 0 Å². The van der Waals surface area contributed by atoms with Gasteiger partial charge in [-0.2, -0.15) is 0 Å². The first-order valence-electron chi connectivity index (χ1n) is 5.31. The lowest BCUT2D eigenvalue weighted by Crippen LogP contribution is -2.09. The minimum absolute atomic E-state index is 0.0753. The van der Waals surface area contributed by atoms with E-state index in [1.807, 2.05) is 18.2 Å². The van der Waals surface area contributed by atoms with Crippen molar-refractivity contribution in [1.82, 2.24) is 0 Å². The van der Waals surface area contributed by atoms with E-state index in [4.69, 9.17) is 27.9 Å². The minimum atomic E-state index is -0.0753. The molecule has 0 saturated heterocycles. The van der Waals surface area contributed by atoms with Crippen molar-refractivity contribution < 1.29 is 4.74 Å². The summed E-state index contributed by atoms with van der Waals surface area (Å²) < 4.78 is 5.29. The molecule has 0 heterocycles. The maximum absolute atomic E-state index is 6.41. The summed E-state index contributed by atoms with van der Waals surface area (Å²) in [7, 11) is 1.65. The third-order valence-electron chi connectivity index (χ3n) is 2.32. The highest BCUT2D eigenvalue weighted by Crippen LogP contribution is 2.39. The Morgan fingerprint density at radius 3 is 2.44 bits per heavy atom. The quantitative estimate of drug-likeness (QED) is 0.690. The Balaban J connectivity index is 2.97. The monoisotopic (exact) mass is 260 g/mol. The molecule has 0 spiro atoms. The van der Waals surface area contributed by atoms with E-state index in [-0.39, 0.29) is 10.8 Å². The number of alkyl halides is 1. The highest BCUT2D eigenvalue weighted by molar-refractivity contribution is 6.31. The first-order chi connectivity index (χ1) is 7.33. The van der Waals surface area contributed by atoms with Gasteiger partial charge in [-0.25, -0.2) is 0 Å². The Hall–Kier alpha value is -0.400. The molecule has 1 rings (SSSR count). The molecule has 0 aliphatic carbocycles. The Kier molecular flexibility index (Phi) is 4.52. The zero-order valence-corrected chi connectivity index (χ0v) is 11.7. The van der Waals surface area contributed by atoms with Crippen LogP contribution in [0.25, 0.3) is 0 Å². The molecule has 0 aliphatic heterocycles. The third kappa shape index (κ3) is 3.88. The van der Waals surface area contributed by atoms with Crippen LogP contribution in [0, 0.1) is 5.41 Å². The van der Waals surface area contributed by atoms with Crippen LogP contribution in [0.4, 0.5) is 0 Å². The Bertz CT molecular complexity index is 355. The third-order valence-corrected chi connectivity index (χ3v) is 2.95. The van der Waals surface area contributed by atoms with Gasteiger partial charge in [0.2, 0.25) is 0 Å². The maximum Gasteiger partial charge on any atom is 0.123 e. The molecule has 90 valence electrons. The predicted octanol–water partition coefficient (Wildman–Crippen LogP) is 5.06. The molecule has 0 aromatic heterocycles. The average molecular weight is 261 g/mol. The molecule has 1 atom stereocenters. The largest absolute Gasteiger partial charge is 0.496 e. The SMILES string of the molecule is COc1ccc(Cl)cc1C(Cl)CC(C)(C)C. The standard InChI is InChI=1S/C13H18Cl2O/c1-13(2,3)8-11(15)10-7-9(14)5-6-12(10)16-4/h5-7,11H,8H2,1-4H3. The second kappa shape index (κ2) is 5.29. The van der Waals surface area contributed by atoms with E-state index in [0.29, 0.717) is 5.02 Å². The summed E-state index contributed by atoms with van der Waals surface area (Å²) in [6.45, 7) is 6.50. The molecule has 0 radical (unpaired) electrons. The molecule has 0 aliphatic rings. The number of hydrogen-bond donors (Lipinski definition) is 0. The van der Waals surface area contributed by atoms with Crippen LogP contribution >= 0.6 is 23.2 Å². The fourth-order valence-electron chi connectivity index (χ4n) is 1.60. The van der Waals surface area contributed by atoms with Crippen LogP contribution in [0.1, 0.15) is 38.1 Å². The number of rotatable bonds is 3. The highest BCUT2D eigenvalue weighted by atomic mass is 35.5. The van der Waals surface area contributed by atoms with Gasteiger partial charge in [-0.1, -0.05) is 32.4 Å². The van der Waals surface area contributed by atoms with Crippen LogP contribution in [0.2, 0.25) is 5.02 Å². The lowest BCUT2D eigenvalue weighted by atomic mass is 9.88. The maximum atomic E-state index is 6.41. The Morgan fingerprint density at radius 1 is 1.31 bits per heavy atom. The number of methoxy groups -OCH3 is 1. The summed E-state index contributed by atoms with van der Waals surface area (Å²) in [5, 5.41) is 0.615. The summed E-state index contributed by atoms with van der Waals surface area (Å²) in [5.41, 5.74) is 1.14. The van der Waals surface area contributed by atoms with Crippen molar-refractivity contribution in [2.45, 2.75) is 32.6 Å². The van der Waals surface area contributed by atoms with Crippen LogP contribution in [0.5, 0.6) is 5.75 Å². The predicted molar refractivity (Wildman–Crippen MR) is 70.7 cm³/mol. The van der Waals surface area contributed by atoms with Crippen LogP contribution in [0.15, 0.2) is 18.2 Å². The summed E-state index contributed by atoms with van der Waals surface area (Å²) in [6.07, 6.45) is 0.880. The van der Waals surface area contributed by atoms with Gasteiger partial charge in [-0.3, -0.25) is 0 Å². The molecule has 1 nitrogen and oxygen atoms in total. The normalized spacial score (nSPS) is 13.6. The summed E-state index contributed by atoms with van der Waals surface area (Å²) >= 11 is 12.4. The fraction of sp³-hybridized carbons (Fsp3) is 0.538. The van der Waals surface area contributed by atoms with Crippen molar-refractivity contribution in [2.75, 3.05) is 7.11 Å². The molecule has 0 saturated carbocycles. The van der Waals surface area contributed by atoms with E-state index in [1.54, 1.807) is 7.11 Å². The molecule has 1 unspecified atom stereocenters. The fourth-order valence-corrected chi connectivity index (χ4v) is 2.41. The highest BCUT2D eigenvalue weighted by Gasteiger charge is 2.21. The minimum Gasteiger partial charge on any atom is -0.496 e. The second-order valence-corrected chi connectivity index (χ2v) is 6.08. The lowest BCUT2D eigenvalue weighted by Gasteiger charge is -2.23. The number of hydrogen-bond acceptors (Lipinski definition) is 1. The second-order valence-electron chi connectivity index (χ2n) is 5.12. The van der Waals surface area contributed by atoms with Gasteiger partial charge in [0, 0.05) is 10.6 Å². The van der Waals surface area contributed by atoms with E-state index in [2.05, 4.69) is 20.8 Å². The molecular weight excluding hydrogens is 243 g/mol. The molecular formula is C13H18Cl2O. The van der Waals surface area contributed by atoms with E-state index in [1.165, 1.54) is 0 Å². The molecule has 0 N–H and O–H groups in total. The number of halogens is 2. The number of ether oxygens (including phenoxy) is 1. The van der Waals surface area contributed by atoms with Gasteiger partial charge in [0.15, 0.2) is 0 Å². The average Bonchev–Trinajstić information content (AvgIpc) is 2.15. The molecule has 0 bridgehead atoms. The van der Waals surface area contributed by atoms with E-state index in [0.717, 1.165) is 17.7 Å². The Labute approximate surface area is 108 Å². The zero-order valence-electron chi connectivity index (χ0n) is 10.2. The first-order valence-corrected chi connectivity index (χ1v) is 6.12. The first kappa shape index (κ1) is 13.7.